The van der Waals surface area contributed by atoms with E-state index in [-0.39, 0.29) is 16.3 Å². The summed E-state index contributed by atoms with van der Waals surface area (Å²) in [7, 11) is 0.165. The van der Waals surface area contributed by atoms with Gasteiger partial charge in [-0.1, -0.05) is 0 Å². The second-order valence-electron chi connectivity index (χ2n) is 4.47. The lowest BCUT2D eigenvalue weighted by molar-refractivity contribution is 0.385. The number of rotatable bonds is 6. The van der Waals surface area contributed by atoms with E-state index < -0.39 is 15.8 Å². The Labute approximate surface area is 133 Å². The maximum atomic E-state index is 13.7. The molecule has 0 heterocycles. The van der Waals surface area contributed by atoms with Crippen molar-refractivity contribution in [3.05, 3.63) is 42.2 Å². The SMILES string of the molecule is COc1ccc(OC)c(NS(=O)(=O)c2ccc(OC)c(F)c2)c1. The zero-order valence-electron chi connectivity index (χ0n) is 12.8. The van der Waals surface area contributed by atoms with E-state index in [2.05, 4.69) is 4.72 Å². The molecule has 0 amide bonds. The Morgan fingerprint density at radius 1 is 0.913 bits per heavy atom. The van der Waals surface area contributed by atoms with Crippen LogP contribution < -0.4 is 18.9 Å². The Morgan fingerprint density at radius 3 is 2.13 bits per heavy atom. The quantitative estimate of drug-likeness (QED) is 0.874. The lowest BCUT2D eigenvalue weighted by Crippen LogP contribution is -2.14. The Balaban J connectivity index is 2.40. The predicted molar refractivity (Wildman–Crippen MR) is 83.3 cm³/mol. The summed E-state index contributed by atoms with van der Waals surface area (Å²) in [5.41, 5.74) is 0.183. The van der Waals surface area contributed by atoms with Crippen LogP contribution in [0.2, 0.25) is 0 Å². The predicted octanol–water partition coefficient (Wildman–Crippen LogP) is 2.65. The minimum absolute atomic E-state index is 0.0390. The van der Waals surface area contributed by atoms with Gasteiger partial charge in [0.15, 0.2) is 11.6 Å². The van der Waals surface area contributed by atoms with Gasteiger partial charge in [0.05, 0.1) is 31.9 Å². The van der Waals surface area contributed by atoms with Crippen molar-refractivity contribution in [3.63, 3.8) is 0 Å². The number of anilines is 1. The Morgan fingerprint density at radius 2 is 1.57 bits per heavy atom. The van der Waals surface area contributed by atoms with Gasteiger partial charge in [-0.3, -0.25) is 4.72 Å². The molecule has 8 heteroatoms. The van der Waals surface area contributed by atoms with Gasteiger partial charge in [-0.2, -0.15) is 0 Å². The fourth-order valence-electron chi connectivity index (χ4n) is 1.91. The second kappa shape index (κ2) is 6.74. The maximum absolute atomic E-state index is 13.7. The Hall–Kier alpha value is -2.48. The molecule has 0 saturated carbocycles. The number of nitrogens with one attached hydrogen (secondary N) is 1. The number of sulfonamides is 1. The molecule has 0 aromatic heterocycles. The molecule has 0 unspecified atom stereocenters. The topological polar surface area (TPSA) is 73.9 Å². The third-order valence-corrected chi connectivity index (χ3v) is 4.45. The molecule has 0 aliphatic rings. The first kappa shape index (κ1) is 16.9. The molecule has 0 fully saturated rings. The van der Waals surface area contributed by atoms with Crippen molar-refractivity contribution >= 4 is 15.7 Å². The van der Waals surface area contributed by atoms with Gasteiger partial charge >= 0.3 is 0 Å². The summed E-state index contributed by atoms with van der Waals surface area (Å²) in [6.07, 6.45) is 0. The molecule has 0 aliphatic heterocycles. The average Bonchev–Trinajstić information content (AvgIpc) is 2.54. The molecule has 23 heavy (non-hydrogen) atoms. The minimum atomic E-state index is -4.00. The first-order valence-electron chi connectivity index (χ1n) is 6.49. The fraction of sp³-hybridized carbons (Fsp3) is 0.200. The van der Waals surface area contributed by atoms with E-state index >= 15 is 0 Å². The summed E-state index contributed by atoms with van der Waals surface area (Å²) < 4.78 is 55.8. The largest absolute Gasteiger partial charge is 0.497 e. The summed E-state index contributed by atoms with van der Waals surface area (Å²) in [6.45, 7) is 0. The van der Waals surface area contributed by atoms with Crippen LogP contribution in [0.4, 0.5) is 10.1 Å². The molecule has 124 valence electrons. The Kier molecular flexibility index (Phi) is 4.95. The van der Waals surface area contributed by atoms with Gasteiger partial charge in [-0.15, -0.1) is 0 Å². The standard InChI is InChI=1S/C15H16FNO5S/c1-20-10-4-6-15(22-3)13(8-10)17-23(18,19)11-5-7-14(21-2)12(16)9-11/h4-9,17H,1-3H3. The summed E-state index contributed by atoms with van der Waals surface area (Å²) in [5.74, 6) is -0.0522. The zero-order valence-corrected chi connectivity index (χ0v) is 13.6. The van der Waals surface area contributed by atoms with Gasteiger partial charge < -0.3 is 14.2 Å². The molecule has 1 N–H and O–H groups in total. The van der Waals surface area contributed by atoms with Gasteiger partial charge in [0, 0.05) is 6.07 Å². The van der Waals surface area contributed by atoms with Gasteiger partial charge in [-0.25, -0.2) is 12.8 Å². The minimum Gasteiger partial charge on any atom is -0.497 e. The van der Waals surface area contributed by atoms with E-state index in [9.17, 15) is 12.8 Å². The van der Waals surface area contributed by atoms with Crippen LogP contribution in [0.15, 0.2) is 41.3 Å². The molecule has 0 atom stereocenters. The summed E-state index contributed by atoms with van der Waals surface area (Å²) in [5, 5.41) is 0. The van der Waals surface area contributed by atoms with Crippen LogP contribution in [0.5, 0.6) is 17.2 Å². The van der Waals surface area contributed by atoms with Crippen LogP contribution in [-0.4, -0.2) is 29.7 Å². The highest BCUT2D eigenvalue weighted by atomic mass is 32.2. The monoisotopic (exact) mass is 341 g/mol. The number of hydrogen-bond acceptors (Lipinski definition) is 5. The number of benzene rings is 2. The van der Waals surface area contributed by atoms with E-state index in [0.717, 1.165) is 6.07 Å². The highest BCUT2D eigenvalue weighted by molar-refractivity contribution is 7.92. The molecule has 0 radical (unpaired) electrons. The molecule has 2 aromatic rings. The van der Waals surface area contributed by atoms with Crippen molar-refractivity contribution in [3.8, 4) is 17.2 Å². The first-order valence-corrected chi connectivity index (χ1v) is 7.98. The third-order valence-electron chi connectivity index (χ3n) is 3.08. The molecule has 0 bridgehead atoms. The first-order chi connectivity index (χ1) is 10.9. The van der Waals surface area contributed by atoms with Crippen LogP contribution in [0.25, 0.3) is 0 Å². The molecular weight excluding hydrogens is 325 g/mol. The van der Waals surface area contributed by atoms with Gasteiger partial charge in [0.2, 0.25) is 0 Å². The summed E-state index contributed by atoms with van der Waals surface area (Å²) >= 11 is 0. The van der Waals surface area contributed by atoms with E-state index in [0.29, 0.717) is 11.5 Å². The molecule has 2 rings (SSSR count). The molecule has 6 nitrogen and oxygen atoms in total. The maximum Gasteiger partial charge on any atom is 0.262 e. The Bertz CT molecular complexity index is 808. The zero-order chi connectivity index (χ0) is 17.0. The van der Waals surface area contributed by atoms with Crippen LogP contribution in [-0.2, 0) is 10.0 Å². The van der Waals surface area contributed by atoms with Crippen molar-refractivity contribution in [2.24, 2.45) is 0 Å². The normalized spacial score (nSPS) is 11.0. The second-order valence-corrected chi connectivity index (χ2v) is 6.15. The van der Waals surface area contributed by atoms with E-state index in [1.807, 2.05) is 0 Å². The van der Waals surface area contributed by atoms with E-state index in [1.165, 1.54) is 39.5 Å². The molecule has 0 aliphatic carbocycles. The fourth-order valence-corrected chi connectivity index (χ4v) is 2.98. The highest BCUT2D eigenvalue weighted by Crippen LogP contribution is 2.31. The highest BCUT2D eigenvalue weighted by Gasteiger charge is 2.19. The summed E-state index contributed by atoms with van der Waals surface area (Å²) in [6, 6.07) is 8.03. The van der Waals surface area contributed by atoms with Crippen LogP contribution >= 0.6 is 0 Å². The van der Waals surface area contributed by atoms with Crippen molar-refractivity contribution in [2.45, 2.75) is 4.90 Å². The van der Waals surface area contributed by atoms with Crippen LogP contribution in [0.1, 0.15) is 0 Å². The molecular formula is C15H16FNO5S. The van der Waals surface area contributed by atoms with Gasteiger partial charge in [-0.05, 0) is 30.3 Å². The lowest BCUT2D eigenvalue weighted by atomic mass is 10.3. The molecule has 0 spiro atoms. The summed E-state index contributed by atoms with van der Waals surface area (Å²) in [4.78, 5) is -0.235. The van der Waals surface area contributed by atoms with Crippen LogP contribution in [0.3, 0.4) is 0 Å². The van der Waals surface area contributed by atoms with E-state index in [1.54, 1.807) is 12.1 Å². The van der Waals surface area contributed by atoms with Crippen molar-refractivity contribution in [1.82, 2.24) is 0 Å². The van der Waals surface area contributed by atoms with Crippen LogP contribution in [0, 0.1) is 5.82 Å². The lowest BCUT2D eigenvalue weighted by Gasteiger charge is -2.13. The number of hydrogen-bond donors (Lipinski definition) is 1. The molecule has 2 aromatic carbocycles. The average molecular weight is 341 g/mol. The molecule has 0 saturated heterocycles. The van der Waals surface area contributed by atoms with Gasteiger partial charge in [0.25, 0.3) is 10.0 Å². The van der Waals surface area contributed by atoms with Crippen molar-refractivity contribution in [2.75, 3.05) is 26.1 Å². The smallest absolute Gasteiger partial charge is 0.262 e. The number of methoxy groups -OCH3 is 3. The third kappa shape index (κ3) is 3.65. The number of ether oxygens (including phenoxy) is 3. The van der Waals surface area contributed by atoms with Gasteiger partial charge in [0.1, 0.15) is 11.5 Å². The number of halogens is 1. The van der Waals surface area contributed by atoms with Crippen molar-refractivity contribution in [1.29, 1.82) is 0 Å². The van der Waals surface area contributed by atoms with Crippen molar-refractivity contribution < 1.29 is 27.0 Å². The van der Waals surface area contributed by atoms with E-state index in [4.69, 9.17) is 14.2 Å².